The van der Waals surface area contributed by atoms with Crippen molar-refractivity contribution in [2.24, 2.45) is 10.7 Å². The topological polar surface area (TPSA) is 96.0 Å². The molecule has 2 rings (SSSR count). The molecule has 1 aromatic heterocycles. The number of thiophene rings is 1. The predicted octanol–water partition coefficient (Wildman–Crippen LogP) is 1.69. The van der Waals surface area contributed by atoms with E-state index in [2.05, 4.69) is 4.99 Å². The Labute approximate surface area is 158 Å². The van der Waals surface area contributed by atoms with Gasteiger partial charge < -0.3 is 15.7 Å². The van der Waals surface area contributed by atoms with Crippen LogP contribution in [0.1, 0.15) is 25.7 Å². The van der Waals surface area contributed by atoms with Crippen molar-refractivity contribution < 1.29 is 13.5 Å². The number of aliphatic hydroxyl groups excluding tert-OH is 1. The second-order valence-electron chi connectivity index (χ2n) is 5.47. The van der Waals surface area contributed by atoms with Gasteiger partial charge in [-0.05, 0) is 24.3 Å². The standard InChI is InChI=1S/C14H23N3O3S2.HI/c15-14(17-7-3-1-2-4-8-17)16-10-12(18)11-22(19,20)13-6-5-9-21-13;/h5-6,9,12,18H,1-4,7-8,10-11H2,(H2,15,16);1H. The second kappa shape index (κ2) is 9.80. The molecule has 1 saturated heterocycles. The molecule has 1 unspecified atom stereocenters. The molecule has 1 atom stereocenters. The fourth-order valence-electron chi connectivity index (χ4n) is 2.43. The fraction of sp³-hybridized carbons (Fsp3) is 0.643. The van der Waals surface area contributed by atoms with E-state index in [1.165, 1.54) is 12.8 Å². The van der Waals surface area contributed by atoms with E-state index in [9.17, 15) is 13.5 Å². The van der Waals surface area contributed by atoms with E-state index in [1.54, 1.807) is 17.5 Å². The van der Waals surface area contributed by atoms with Crippen molar-refractivity contribution in [1.82, 2.24) is 4.90 Å². The van der Waals surface area contributed by atoms with Crippen molar-refractivity contribution in [3.8, 4) is 0 Å². The number of guanidine groups is 1. The minimum absolute atomic E-state index is 0. The summed E-state index contributed by atoms with van der Waals surface area (Å²) in [6.45, 7) is 1.75. The molecule has 0 spiro atoms. The molecule has 3 N–H and O–H groups in total. The molecule has 0 aliphatic carbocycles. The van der Waals surface area contributed by atoms with Gasteiger partial charge in [0.1, 0.15) is 4.21 Å². The van der Waals surface area contributed by atoms with Crippen LogP contribution in [-0.2, 0) is 9.84 Å². The first-order chi connectivity index (χ1) is 10.5. The largest absolute Gasteiger partial charge is 0.390 e. The molecule has 132 valence electrons. The highest BCUT2D eigenvalue weighted by molar-refractivity contribution is 14.0. The number of sulfone groups is 1. The Morgan fingerprint density at radius 2 is 2.00 bits per heavy atom. The van der Waals surface area contributed by atoms with E-state index in [0.29, 0.717) is 5.96 Å². The number of nitrogens with zero attached hydrogens (tertiary/aromatic N) is 2. The van der Waals surface area contributed by atoms with Gasteiger partial charge >= 0.3 is 0 Å². The average Bonchev–Trinajstić information content (AvgIpc) is 2.88. The van der Waals surface area contributed by atoms with Gasteiger partial charge in [-0.2, -0.15) is 0 Å². The summed E-state index contributed by atoms with van der Waals surface area (Å²) >= 11 is 1.15. The summed E-state index contributed by atoms with van der Waals surface area (Å²) in [5.41, 5.74) is 5.94. The summed E-state index contributed by atoms with van der Waals surface area (Å²) in [7, 11) is -3.45. The van der Waals surface area contributed by atoms with Crippen molar-refractivity contribution in [1.29, 1.82) is 0 Å². The quantitative estimate of drug-likeness (QED) is 0.386. The molecular weight excluding hydrogens is 449 g/mol. The lowest BCUT2D eigenvalue weighted by atomic mass is 10.2. The van der Waals surface area contributed by atoms with Crippen LogP contribution in [0.15, 0.2) is 26.7 Å². The normalized spacial score (nSPS) is 18.1. The molecule has 1 aromatic rings. The van der Waals surface area contributed by atoms with Crippen LogP contribution in [0.5, 0.6) is 0 Å². The molecular formula is C14H24IN3O3S2. The minimum atomic E-state index is -3.45. The zero-order valence-electron chi connectivity index (χ0n) is 12.9. The van der Waals surface area contributed by atoms with Crippen LogP contribution in [0.2, 0.25) is 0 Å². The summed E-state index contributed by atoms with van der Waals surface area (Å²) in [5.74, 6) is 0.0686. The highest BCUT2D eigenvalue weighted by Crippen LogP contribution is 2.18. The first-order valence-corrected chi connectivity index (χ1v) is 10.0. The molecule has 0 radical (unpaired) electrons. The number of aliphatic imine (C=N–C) groups is 1. The van der Waals surface area contributed by atoms with Crippen molar-refractivity contribution in [2.45, 2.75) is 36.0 Å². The third kappa shape index (κ3) is 6.55. The van der Waals surface area contributed by atoms with E-state index in [4.69, 9.17) is 5.73 Å². The van der Waals surface area contributed by atoms with Gasteiger partial charge in [0, 0.05) is 13.1 Å². The molecule has 0 amide bonds. The molecule has 1 aliphatic heterocycles. The number of nitrogens with two attached hydrogens (primary N) is 1. The first kappa shape index (κ1) is 20.7. The lowest BCUT2D eigenvalue weighted by Gasteiger charge is -2.21. The Balaban J connectivity index is 0.00000264. The lowest BCUT2D eigenvalue weighted by Crippen LogP contribution is -2.39. The van der Waals surface area contributed by atoms with Crippen LogP contribution in [0, 0.1) is 0 Å². The van der Waals surface area contributed by atoms with E-state index in [-0.39, 0.29) is 40.5 Å². The van der Waals surface area contributed by atoms with Crippen molar-refractivity contribution in [2.75, 3.05) is 25.4 Å². The van der Waals surface area contributed by atoms with Crippen LogP contribution in [0.4, 0.5) is 0 Å². The summed E-state index contributed by atoms with van der Waals surface area (Å²) in [6.07, 6.45) is 3.53. The zero-order chi connectivity index (χ0) is 16.0. The third-order valence-corrected chi connectivity index (χ3v) is 6.89. The van der Waals surface area contributed by atoms with Crippen LogP contribution in [0.3, 0.4) is 0 Å². The van der Waals surface area contributed by atoms with Crippen molar-refractivity contribution in [3.63, 3.8) is 0 Å². The molecule has 0 aromatic carbocycles. The Hall–Kier alpha value is -0.390. The van der Waals surface area contributed by atoms with E-state index < -0.39 is 15.9 Å². The Kier molecular flexibility index (Phi) is 8.80. The highest BCUT2D eigenvalue weighted by Gasteiger charge is 2.21. The number of halogens is 1. The van der Waals surface area contributed by atoms with E-state index in [0.717, 1.165) is 37.3 Å². The van der Waals surface area contributed by atoms with Crippen LogP contribution >= 0.6 is 35.3 Å². The Morgan fingerprint density at radius 3 is 2.57 bits per heavy atom. The maximum Gasteiger partial charge on any atom is 0.191 e. The van der Waals surface area contributed by atoms with E-state index in [1.807, 2.05) is 4.90 Å². The SMILES string of the molecule is I.NC(=NCC(O)CS(=O)(=O)c1cccs1)N1CCCCCC1. The van der Waals surface area contributed by atoms with Gasteiger partial charge in [0.2, 0.25) is 0 Å². The average molecular weight is 473 g/mol. The van der Waals surface area contributed by atoms with Crippen LogP contribution in [0.25, 0.3) is 0 Å². The van der Waals surface area contributed by atoms with Crippen LogP contribution < -0.4 is 5.73 Å². The third-order valence-electron chi connectivity index (χ3n) is 3.61. The monoisotopic (exact) mass is 473 g/mol. The van der Waals surface area contributed by atoms with Crippen LogP contribution in [-0.4, -0.2) is 55.9 Å². The first-order valence-electron chi connectivity index (χ1n) is 7.48. The Bertz CT molecular complexity index is 582. The number of hydrogen-bond acceptors (Lipinski definition) is 5. The van der Waals surface area contributed by atoms with Crippen molar-refractivity contribution in [3.05, 3.63) is 17.5 Å². The molecule has 2 heterocycles. The number of aliphatic hydroxyl groups is 1. The van der Waals surface area contributed by atoms with Gasteiger partial charge in [0.05, 0.1) is 18.4 Å². The second-order valence-corrected chi connectivity index (χ2v) is 8.68. The summed E-state index contributed by atoms with van der Waals surface area (Å²) in [4.78, 5) is 6.17. The lowest BCUT2D eigenvalue weighted by molar-refractivity contribution is 0.205. The molecule has 1 aliphatic rings. The summed E-state index contributed by atoms with van der Waals surface area (Å²) in [6, 6.07) is 3.22. The van der Waals surface area contributed by atoms with Gasteiger partial charge in [-0.1, -0.05) is 18.9 Å². The molecule has 1 fully saturated rings. The number of hydrogen-bond donors (Lipinski definition) is 2. The van der Waals surface area contributed by atoms with E-state index >= 15 is 0 Å². The van der Waals surface area contributed by atoms with Gasteiger partial charge in [-0.15, -0.1) is 35.3 Å². The maximum atomic E-state index is 12.1. The summed E-state index contributed by atoms with van der Waals surface area (Å²) in [5, 5.41) is 11.6. The summed E-state index contributed by atoms with van der Waals surface area (Å²) < 4.78 is 24.4. The highest BCUT2D eigenvalue weighted by atomic mass is 127. The maximum absolute atomic E-state index is 12.1. The number of likely N-dealkylation sites (tertiary alicyclic amines) is 1. The molecule has 0 bridgehead atoms. The smallest absolute Gasteiger partial charge is 0.191 e. The molecule has 0 saturated carbocycles. The Morgan fingerprint density at radius 1 is 1.35 bits per heavy atom. The molecule has 9 heteroatoms. The van der Waals surface area contributed by atoms with Gasteiger partial charge in [0.25, 0.3) is 0 Å². The van der Waals surface area contributed by atoms with Gasteiger partial charge in [0.15, 0.2) is 15.8 Å². The molecule has 6 nitrogen and oxygen atoms in total. The molecule has 23 heavy (non-hydrogen) atoms. The zero-order valence-corrected chi connectivity index (χ0v) is 16.9. The fourth-order valence-corrected chi connectivity index (χ4v) is 4.90. The van der Waals surface area contributed by atoms with Gasteiger partial charge in [-0.25, -0.2) is 8.42 Å². The number of rotatable bonds is 5. The predicted molar refractivity (Wildman–Crippen MR) is 104 cm³/mol. The minimum Gasteiger partial charge on any atom is -0.390 e. The van der Waals surface area contributed by atoms with Gasteiger partial charge in [-0.3, -0.25) is 4.99 Å². The van der Waals surface area contributed by atoms with Crippen molar-refractivity contribution >= 4 is 51.1 Å².